The van der Waals surface area contributed by atoms with Crippen LogP contribution in [0, 0.1) is 0 Å². The summed E-state index contributed by atoms with van der Waals surface area (Å²) >= 11 is 7.01. The average molecular weight is 500 g/mol. The van der Waals surface area contributed by atoms with Crippen LogP contribution in [0.3, 0.4) is 0 Å². The number of nitrogens with one attached hydrogen (secondary N) is 3. The lowest BCUT2D eigenvalue weighted by Crippen LogP contribution is -2.59. The van der Waals surface area contributed by atoms with Gasteiger partial charge in [0.1, 0.15) is 5.50 Å². The van der Waals surface area contributed by atoms with E-state index in [1.807, 2.05) is 0 Å². The van der Waals surface area contributed by atoms with E-state index in [-0.39, 0.29) is 28.1 Å². The third kappa shape index (κ3) is 5.66. The molecule has 172 valence electrons. The van der Waals surface area contributed by atoms with Crippen LogP contribution in [0.1, 0.15) is 0 Å². The summed E-state index contributed by atoms with van der Waals surface area (Å²) in [5.74, 6) is 0.105. The number of amides is 2. The zero-order valence-corrected chi connectivity index (χ0v) is 19.6. The number of rotatable bonds is 8. The van der Waals surface area contributed by atoms with E-state index >= 15 is 0 Å². The summed E-state index contributed by atoms with van der Waals surface area (Å²) in [7, 11) is -0.898. The first-order valence-corrected chi connectivity index (χ1v) is 12.4. The molecule has 3 rings (SSSR count). The smallest absolute Gasteiger partial charge is 0.241 e. The monoisotopic (exact) mass is 499 g/mol. The van der Waals surface area contributed by atoms with Crippen LogP contribution < -0.4 is 25.4 Å². The Bertz CT molecular complexity index is 1110. The summed E-state index contributed by atoms with van der Waals surface area (Å²) in [6.07, 6.45) is 0. The maximum absolute atomic E-state index is 12.8. The molecule has 0 spiro atoms. The Morgan fingerprint density at radius 3 is 2.59 bits per heavy atom. The van der Waals surface area contributed by atoms with Gasteiger partial charge in [-0.1, -0.05) is 17.7 Å². The Morgan fingerprint density at radius 1 is 1.19 bits per heavy atom. The van der Waals surface area contributed by atoms with Crippen LogP contribution in [0.4, 0.5) is 5.69 Å². The average Bonchev–Trinajstić information content (AvgIpc) is 2.77. The minimum Gasteiger partial charge on any atom is -0.493 e. The van der Waals surface area contributed by atoms with Gasteiger partial charge < -0.3 is 20.1 Å². The van der Waals surface area contributed by atoms with Crippen molar-refractivity contribution in [2.24, 2.45) is 0 Å². The number of halogens is 1. The molecule has 1 aliphatic rings. The number of carbonyl (C=O) groups excluding carboxylic acids is 2. The van der Waals surface area contributed by atoms with E-state index in [1.165, 1.54) is 32.4 Å². The number of hydrogen-bond acceptors (Lipinski definition) is 8. The summed E-state index contributed by atoms with van der Waals surface area (Å²) in [5, 5.41) is 7.25. The molecule has 9 nitrogen and oxygen atoms in total. The third-order valence-corrected chi connectivity index (χ3v) is 7.92. The zero-order chi connectivity index (χ0) is 23.3. The fourth-order valence-corrected chi connectivity index (χ4v) is 5.62. The highest BCUT2D eigenvalue weighted by atomic mass is 35.5. The standard InChI is InChI=1S/C20H22ClN3O6S2/c1-29-15-7-6-13(9-16(15)30-2)23-18(25)11-31-20-22-10-17(19(26)24-20)32(27,28)14-5-3-4-12(21)8-14/h3-9,17,20,22H,10-11H2,1-2H3,(H,23,25)(H,24,26). The van der Waals surface area contributed by atoms with Crippen molar-refractivity contribution in [2.45, 2.75) is 15.6 Å². The van der Waals surface area contributed by atoms with Crippen molar-refractivity contribution in [1.29, 1.82) is 0 Å². The maximum Gasteiger partial charge on any atom is 0.241 e. The van der Waals surface area contributed by atoms with Gasteiger partial charge in [0.15, 0.2) is 26.6 Å². The van der Waals surface area contributed by atoms with Crippen molar-refractivity contribution in [3.8, 4) is 11.5 Å². The molecule has 12 heteroatoms. The number of ether oxygens (including phenoxy) is 2. The molecule has 0 saturated carbocycles. The van der Waals surface area contributed by atoms with Crippen molar-refractivity contribution in [3.05, 3.63) is 47.5 Å². The summed E-state index contributed by atoms with van der Waals surface area (Å²) in [4.78, 5) is 24.7. The normalized spacial score (nSPS) is 18.5. The summed E-state index contributed by atoms with van der Waals surface area (Å²) < 4.78 is 35.9. The van der Waals surface area contributed by atoms with Crippen LogP contribution in [-0.4, -0.2) is 57.5 Å². The lowest BCUT2D eigenvalue weighted by atomic mass is 10.2. The Kier molecular flexibility index (Phi) is 7.88. The van der Waals surface area contributed by atoms with Crippen molar-refractivity contribution < 1.29 is 27.5 Å². The van der Waals surface area contributed by atoms with Gasteiger partial charge in [-0.2, -0.15) is 0 Å². The van der Waals surface area contributed by atoms with E-state index in [4.69, 9.17) is 21.1 Å². The minimum atomic E-state index is -3.91. The van der Waals surface area contributed by atoms with Gasteiger partial charge in [-0.3, -0.25) is 14.9 Å². The predicted octanol–water partition coefficient (Wildman–Crippen LogP) is 1.87. The van der Waals surface area contributed by atoms with Gasteiger partial charge in [0.25, 0.3) is 0 Å². The van der Waals surface area contributed by atoms with Crippen LogP contribution in [0.5, 0.6) is 11.5 Å². The molecule has 1 aliphatic heterocycles. The molecule has 2 unspecified atom stereocenters. The molecule has 2 aromatic carbocycles. The quantitative estimate of drug-likeness (QED) is 0.503. The highest BCUT2D eigenvalue weighted by molar-refractivity contribution is 8.00. The second kappa shape index (κ2) is 10.4. The second-order valence-electron chi connectivity index (χ2n) is 6.72. The molecule has 32 heavy (non-hydrogen) atoms. The van der Waals surface area contributed by atoms with E-state index in [9.17, 15) is 18.0 Å². The molecule has 0 bridgehead atoms. The maximum atomic E-state index is 12.8. The Labute approximate surface area is 195 Å². The fourth-order valence-electron chi connectivity index (χ4n) is 3.01. The zero-order valence-electron chi connectivity index (χ0n) is 17.3. The molecule has 1 saturated heterocycles. The van der Waals surface area contributed by atoms with Crippen molar-refractivity contribution in [3.63, 3.8) is 0 Å². The first kappa shape index (κ1) is 24.2. The number of anilines is 1. The summed E-state index contributed by atoms with van der Waals surface area (Å²) in [6.45, 7) is -0.0877. The minimum absolute atomic E-state index is 0.0210. The van der Waals surface area contributed by atoms with Crippen molar-refractivity contribution >= 4 is 50.7 Å². The lowest BCUT2D eigenvalue weighted by molar-refractivity contribution is -0.122. The van der Waals surface area contributed by atoms with Gasteiger partial charge in [0.05, 0.1) is 24.9 Å². The lowest BCUT2D eigenvalue weighted by Gasteiger charge is -2.29. The number of benzene rings is 2. The molecule has 1 fully saturated rings. The van der Waals surface area contributed by atoms with E-state index < -0.39 is 26.5 Å². The third-order valence-electron chi connectivity index (χ3n) is 4.60. The Balaban J connectivity index is 1.54. The van der Waals surface area contributed by atoms with Gasteiger partial charge in [-0.25, -0.2) is 8.42 Å². The molecular weight excluding hydrogens is 478 g/mol. The molecule has 0 aromatic heterocycles. The van der Waals surface area contributed by atoms with Crippen molar-refractivity contribution in [2.75, 3.05) is 31.8 Å². The van der Waals surface area contributed by atoms with E-state index in [0.29, 0.717) is 17.2 Å². The van der Waals surface area contributed by atoms with E-state index in [2.05, 4.69) is 16.0 Å². The molecule has 2 atom stereocenters. The van der Waals surface area contributed by atoms with Gasteiger partial charge in [-0.15, -0.1) is 11.8 Å². The van der Waals surface area contributed by atoms with Gasteiger partial charge in [-0.05, 0) is 30.3 Å². The van der Waals surface area contributed by atoms with Crippen molar-refractivity contribution in [1.82, 2.24) is 10.6 Å². The topological polar surface area (TPSA) is 123 Å². The highest BCUT2D eigenvalue weighted by Gasteiger charge is 2.38. The van der Waals surface area contributed by atoms with Crippen LogP contribution in [0.25, 0.3) is 0 Å². The molecule has 1 heterocycles. The van der Waals surface area contributed by atoms with E-state index in [1.54, 1.807) is 24.3 Å². The number of carbonyl (C=O) groups is 2. The number of sulfone groups is 1. The number of methoxy groups -OCH3 is 2. The SMILES string of the molecule is COc1ccc(NC(=O)CSC2NCC(S(=O)(=O)c3cccc(Cl)c3)C(=O)N2)cc1OC. The molecule has 0 radical (unpaired) electrons. The van der Waals surface area contributed by atoms with Crippen LogP contribution in [0.2, 0.25) is 5.02 Å². The molecule has 2 amide bonds. The van der Waals surface area contributed by atoms with Gasteiger partial charge in [0.2, 0.25) is 11.8 Å². The fraction of sp³-hybridized carbons (Fsp3) is 0.300. The first-order chi connectivity index (χ1) is 15.2. The molecule has 0 aliphatic carbocycles. The first-order valence-electron chi connectivity index (χ1n) is 9.41. The van der Waals surface area contributed by atoms with E-state index in [0.717, 1.165) is 11.8 Å². The van der Waals surface area contributed by atoms with Crippen LogP contribution in [-0.2, 0) is 19.4 Å². The van der Waals surface area contributed by atoms with Crippen LogP contribution in [0.15, 0.2) is 47.4 Å². The summed E-state index contributed by atoms with van der Waals surface area (Å²) in [6, 6.07) is 10.8. The van der Waals surface area contributed by atoms with Gasteiger partial charge >= 0.3 is 0 Å². The molecular formula is C20H22ClN3O6S2. The molecule has 2 aromatic rings. The molecule has 3 N–H and O–H groups in total. The van der Waals surface area contributed by atoms with Crippen LogP contribution >= 0.6 is 23.4 Å². The predicted molar refractivity (Wildman–Crippen MR) is 123 cm³/mol. The second-order valence-corrected chi connectivity index (χ2v) is 10.4. The number of thioether (sulfide) groups is 1. The Morgan fingerprint density at radius 2 is 1.94 bits per heavy atom. The number of hydrogen-bond donors (Lipinski definition) is 3. The summed E-state index contributed by atoms with van der Waals surface area (Å²) in [5.41, 5.74) is -0.0777. The largest absolute Gasteiger partial charge is 0.493 e. The van der Waals surface area contributed by atoms with Gasteiger partial charge in [0, 0.05) is 23.3 Å². The highest BCUT2D eigenvalue weighted by Crippen LogP contribution is 2.30. The Hall–Kier alpha value is -2.47.